The van der Waals surface area contributed by atoms with Crippen LogP contribution in [0.3, 0.4) is 0 Å². The van der Waals surface area contributed by atoms with Gasteiger partial charge < -0.3 is 5.32 Å². The molecule has 3 aromatic carbocycles. The van der Waals surface area contributed by atoms with Gasteiger partial charge in [0.1, 0.15) is 0 Å². The first-order chi connectivity index (χ1) is 15.8. The van der Waals surface area contributed by atoms with E-state index in [2.05, 4.69) is 40.5 Å². The first-order valence-corrected chi connectivity index (χ1v) is 11.7. The fraction of sp³-hybridized carbons (Fsp3) is 0.321. The molecule has 32 heavy (non-hydrogen) atoms. The molecular formula is C28H33N3O. The maximum atomic E-state index is 13.1. The quantitative estimate of drug-likeness (QED) is 0.474. The van der Waals surface area contributed by atoms with Gasteiger partial charge in [-0.25, -0.2) is 0 Å². The monoisotopic (exact) mass is 427 g/mol. The molecule has 1 aliphatic heterocycles. The van der Waals surface area contributed by atoms with Gasteiger partial charge in [0.15, 0.2) is 0 Å². The number of nitrogens with one attached hydrogen (secondary N) is 1. The SMILES string of the molecule is O=C(CNCCC1CCN(Cc2ccccc2)CC1)N(c1ccccc1)c1ccccc1. The summed E-state index contributed by atoms with van der Waals surface area (Å²) in [6, 6.07) is 30.5. The van der Waals surface area contributed by atoms with Crippen LogP contribution in [0, 0.1) is 5.92 Å². The van der Waals surface area contributed by atoms with Crippen molar-refractivity contribution in [3.8, 4) is 0 Å². The Kier molecular flexibility index (Phi) is 8.07. The molecule has 1 saturated heterocycles. The van der Waals surface area contributed by atoms with Crippen molar-refractivity contribution in [2.75, 3.05) is 31.1 Å². The average molecular weight is 428 g/mol. The lowest BCUT2D eigenvalue weighted by molar-refractivity contribution is -0.117. The van der Waals surface area contributed by atoms with Crippen molar-refractivity contribution in [1.29, 1.82) is 0 Å². The second-order valence-corrected chi connectivity index (χ2v) is 8.57. The molecule has 0 saturated carbocycles. The number of piperidine rings is 1. The van der Waals surface area contributed by atoms with E-state index in [1.807, 2.05) is 60.7 Å². The van der Waals surface area contributed by atoms with Crippen molar-refractivity contribution >= 4 is 17.3 Å². The Hall–Kier alpha value is -2.95. The highest BCUT2D eigenvalue weighted by Gasteiger charge is 2.20. The summed E-state index contributed by atoms with van der Waals surface area (Å²) in [6.07, 6.45) is 3.61. The molecule has 0 aliphatic carbocycles. The summed E-state index contributed by atoms with van der Waals surface area (Å²) in [5.41, 5.74) is 3.19. The molecule has 0 spiro atoms. The molecular weight excluding hydrogens is 394 g/mol. The summed E-state index contributed by atoms with van der Waals surface area (Å²) in [5.74, 6) is 0.809. The molecule has 0 atom stereocenters. The van der Waals surface area contributed by atoms with Crippen LogP contribution in [-0.2, 0) is 11.3 Å². The minimum absolute atomic E-state index is 0.0695. The number of anilines is 2. The van der Waals surface area contributed by atoms with Crippen molar-refractivity contribution < 1.29 is 4.79 Å². The van der Waals surface area contributed by atoms with Gasteiger partial charge in [0.2, 0.25) is 5.91 Å². The summed E-state index contributed by atoms with van der Waals surface area (Å²) in [6.45, 7) is 4.60. The smallest absolute Gasteiger partial charge is 0.245 e. The van der Waals surface area contributed by atoms with Gasteiger partial charge >= 0.3 is 0 Å². The number of hydrogen-bond acceptors (Lipinski definition) is 3. The summed E-state index contributed by atoms with van der Waals surface area (Å²) in [7, 11) is 0. The molecule has 0 bridgehead atoms. The van der Waals surface area contributed by atoms with Crippen LogP contribution in [0.4, 0.5) is 11.4 Å². The normalized spacial score (nSPS) is 14.9. The van der Waals surface area contributed by atoms with Crippen LogP contribution in [0.2, 0.25) is 0 Å². The second-order valence-electron chi connectivity index (χ2n) is 8.57. The van der Waals surface area contributed by atoms with Gasteiger partial charge in [-0.2, -0.15) is 0 Å². The molecule has 3 aromatic rings. The molecule has 4 rings (SSSR count). The Bertz CT molecular complexity index is 899. The van der Waals surface area contributed by atoms with Crippen LogP contribution in [0.5, 0.6) is 0 Å². The van der Waals surface area contributed by atoms with Gasteiger partial charge in [-0.3, -0.25) is 14.6 Å². The van der Waals surface area contributed by atoms with Crippen molar-refractivity contribution in [3.05, 3.63) is 96.6 Å². The van der Waals surface area contributed by atoms with Crippen molar-refractivity contribution in [2.24, 2.45) is 5.92 Å². The van der Waals surface area contributed by atoms with E-state index in [0.717, 1.165) is 49.9 Å². The molecule has 4 heteroatoms. The zero-order chi connectivity index (χ0) is 22.0. The lowest BCUT2D eigenvalue weighted by atomic mass is 9.93. The van der Waals surface area contributed by atoms with Gasteiger partial charge in [-0.1, -0.05) is 66.7 Å². The second kappa shape index (κ2) is 11.6. The van der Waals surface area contributed by atoms with Gasteiger partial charge in [0, 0.05) is 17.9 Å². The van der Waals surface area contributed by atoms with E-state index in [0.29, 0.717) is 6.54 Å². The number of carbonyl (C=O) groups is 1. The predicted octanol–water partition coefficient (Wildman–Crippen LogP) is 5.24. The Morgan fingerprint density at radius 2 is 1.34 bits per heavy atom. The minimum atomic E-state index is 0.0695. The highest BCUT2D eigenvalue weighted by atomic mass is 16.2. The third kappa shape index (κ3) is 6.28. The molecule has 1 N–H and O–H groups in total. The molecule has 0 aromatic heterocycles. The van der Waals surface area contributed by atoms with E-state index in [9.17, 15) is 4.79 Å². The number of likely N-dealkylation sites (tertiary alicyclic amines) is 1. The zero-order valence-electron chi connectivity index (χ0n) is 18.7. The van der Waals surface area contributed by atoms with Gasteiger partial charge in [0.05, 0.1) is 6.54 Å². The van der Waals surface area contributed by atoms with E-state index >= 15 is 0 Å². The van der Waals surface area contributed by atoms with Crippen molar-refractivity contribution in [3.63, 3.8) is 0 Å². The number of carbonyl (C=O) groups excluding carboxylic acids is 1. The number of para-hydroxylation sites is 2. The minimum Gasteiger partial charge on any atom is -0.308 e. The molecule has 1 amide bonds. The Morgan fingerprint density at radius 1 is 0.812 bits per heavy atom. The molecule has 4 nitrogen and oxygen atoms in total. The summed E-state index contributed by atoms with van der Waals surface area (Å²) in [4.78, 5) is 17.4. The fourth-order valence-electron chi connectivity index (χ4n) is 4.45. The first kappa shape index (κ1) is 22.3. The molecule has 1 aliphatic rings. The van der Waals surface area contributed by atoms with E-state index in [1.165, 1.54) is 18.4 Å². The van der Waals surface area contributed by atoms with E-state index in [4.69, 9.17) is 0 Å². The van der Waals surface area contributed by atoms with Gasteiger partial charge in [0.25, 0.3) is 0 Å². The van der Waals surface area contributed by atoms with Crippen molar-refractivity contribution in [2.45, 2.75) is 25.8 Å². The number of nitrogens with zero attached hydrogens (tertiary/aromatic N) is 2. The standard InChI is InChI=1S/C28H33N3O/c32-28(31(26-12-6-2-7-13-26)27-14-8-3-9-15-27)22-29-19-16-24-17-20-30(21-18-24)23-25-10-4-1-5-11-25/h1-15,24,29H,16-23H2. The number of benzene rings is 3. The number of hydrogen-bond donors (Lipinski definition) is 1. The molecule has 1 fully saturated rings. The summed E-state index contributed by atoms with van der Waals surface area (Å²) >= 11 is 0. The fourth-order valence-corrected chi connectivity index (χ4v) is 4.45. The molecule has 1 heterocycles. The van der Waals surface area contributed by atoms with Gasteiger partial charge in [-0.05, 0) is 74.6 Å². The first-order valence-electron chi connectivity index (χ1n) is 11.7. The Labute approximate surface area is 191 Å². The predicted molar refractivity (Wildman–Crippen MR) is 132 cm³/mol. The van der Waals surface area contributed by atoms with Gasteiger partial charge in [-0.15, -0.1) is 0 Å². The third-order valence-corrected chi connectivity index (χ3v) is 6.24. The van der Waals surface area contributed by atoms with Crippen LogP contribution in [0.15, 0.2) is 91.0 Å². The van der Waals surface area contributed by atoms with Crippen molar-refractivity contribution in [1.82, 2.24) is 10.2 Å². The summed E-state index contributed by atoms with van der Waals surface area (Å²) in [5, 5.41) is 3.40. The lowest BCUT2D eigenvalue weighted by Crippen LogP contribution is -2.37. The average Bonchev–Trinajstić information content (AvgIpc) is 2.85. The van der Waals surface area contributed by atoms with Crippen LogP contribution in [0.1, 0.15) is 24.8 Å². The van der Waals surface area contributed by atoms with Crippen LogP contribution in [-0.4, -0.2) is 37.0 Å². The van der Waals surface area contributed by atoms with Crippen LogP contribution >= 0.6 is 0 Å². The summed E-state index contributed by atoms with van der Waals surface area (Å²) < 4.78 is 0. The zero-order valence-corrected chi connectivity index (χ0v) is 18.7. The largest absolute Gasteiger partial charge is 0.308 e. The number of rotatable bonds is 9. The van der Waals surface area contributed by atoms with E-state index in [1.54, 1.807) is 4.90 Å². The topological polar surface area (TPSA) is 35.6 Å². The maximum absolute atomic E-state index is 13.1. The maximum Gasteiger partial charge on any atom is 0.245 e. The van der Waals surface area contributed by atoms with Crippen LogP contribution < -0.4 is 10.2 Å². The number of amides is 1. The Balaban J connectivity index is 1.21. The Morgan fingerprint density at radius 3 is 1.91 bits per heavy atom. The highest BCUT2D eigenvalue weighted by Crippen LogP contribution is 2.25. The highest BCUT2D eigenvalue weighted by molar-refractivity contribution is 6.01. The molecule has 166 valence electrons. The van der Waals surface area contributed by atoms with E-state index in [-0.39, 0.29) is 5.91 Å². The molecule has 0 unspecified atom stereocenters. The van der Waals surface area contributed by atoms with E-state index < -0.39 is 0 Å². The lowest BCUT2D eigenvalue weighted by Gasteiger charge is -2.32. The third-order valence-electron chi connectivity index (χ3n) is 6.24. The molecule has 0 radical (unpaired) electrons. The van der Waals surface area contributed by atoms with Crippen LogP contribution in [0.25, 0.3) is 0 Å².